The Hall–Kier alpha value is -2.82. The predicted octanol–water partition coefficient (Wildman–Crippen LogP) is 6.02. The zero-order valence-electron chi connectivity index (χ0n) is 16.6. The van der Waals surface area contributed by atoms with E-state index >= 15 is 0 Å². The van der Waals surface area contributed by atoms with Crippen LogP contribution in [-0.4, -0.2) is 25.8 Å². The number of unbranched alkanes of at least 4 members (excludes halogenated alkanes) is 5. The summed E-state index contributed by atoms with van der Waals surface area (Å²) in [5, 5.41) is 0. The zero-order valence-corrected chi connectivity index (χ0v) is 16.6. The Morgan fingerprint density at radius 2 is 1.36 bits per heavy atom. The van der Waals surface area contributed by atoms with Crippen molar-refractivity contribution in [3.8, 4) is 16.9 Å². The highest BCUT2D eigenvalue weighted by Crippen LogP contribution is 2.23. The molecule has 0 heterocycles. The summed E-state index contributed by atoms with van der Waals surface area (Å²) in [7, 11) is 1.26. The molecule has 0 aliphatic heterocycles. The summed E-state index contributed by atoms with van der Waals surface area (Å²) in [5.41, 5.74) is 2.45. The minimum Gasteiger partial charge on any atom is -0.462 e. The molecular weight excluding hydrogens is 356 g/mol. The first-order chi connectivity index (χ1) is 13.6. The third kappa shape index (κ3) is 7.06. The van der Waals surface area contributed by atoms with Crippen molar-refractivity contribution >= 4 is 12.1 Å². The molecule has 0 aliphatic rings. The van der Waals surface area contributed by atoms with Gasteiger partial charge in [0.2, 0.25) is 0 Å². The third-order valence-corrected chi connectivity index (χ3v) is 4.41. The number of methoxy groups -OCH3 is 1. The number of carbonyl (C=O) groups is 2. The van der Waals surface area contributed by atoms with Gasteiger partial charge in [-0.3, -0.25) is 0 Å². The van der Waals surface area contributed by atoms with Gasteiger partial charge in [-0.2, -0.15) is 0 Å². The molecule has 5 nitrogen and oxygen atoms in total. The van der Waals surface area contributed by atoms with Crippen molar-refractivity contribution in [1.29, 1.82) is 0 Å². The van der Waals surface area contributed by atoms with E-state index < -0.39 is 6.16 Å². The van der Waals surface area contributed by atoms with Crippen LogP contribution in [0, 0.1) is 0 Å². The zero-order chi connectivity index (χ0) is 20.2. The minimum absolute atomic E-state index is 0.290. The quantitative estimate of drug-likeness (QED) is 0.285. The van der Waals surface area contributed by atoms with E-state index in [1.807, 2.05) is 24.3 Å². The van der Waals surface area contributed by atoms with Crippen molar-refractivity contribution in [2.45, 2.75) is 45.4 Å². The molecule has 0 unspecified atom stereocenters. The van der Waals surface area contributed by atoms with Crippen LogP contribution in [0.5, 0.6) is 5.75 Å². The van der Waals surface area contributed by atoms with Crippen molar-refractivity contribution in [3.05, 3.63) is 54.1 Å². The maximum Gasteiger partial charge on any atom is 0.513 e. The smallest absolute Gasteiger partial charge is 0.462 e. The first-order valence-electron chi connectivity index (χ1n) is 9.77. The molecule has 28 heavy (non-hydrogen) atoms. The van der Waals surface area contributed by atoms with Crippen molar-refractivity contribution < 1.29 is 23.8 Å². The second-order valence-electron chi connectivity index (χ2n) is 6.56. The molecule has 150 valence electrons. The maximum atomic E-state index is 12.1. The predicted molar refractivity (Wildman–Crippen MR) is 109 cm³/mol. The summed E-state index contributed by atoms with van der Waals surface area (Å²) < 4.78 is 14.8. The van der Waals surface area contributed by atoms with E-state index in [1.165, 1.54) is 32.8 Å². The Labute approximate surface area is 166 Å². The number of hydrogen-bond acceptors (Lipinski definition) is 5. The second kappa shape index (κ2) is 11.8. The van der Waals surface area contributed by atoms with Gasteiger partial charge in [0.1, 0.15) is 5.75 Å². The first-order valence-corrected chi connectivity index (χ1v) is 9.77. The summed E-state index contributed by atoms with van der Waals surface area (Å²) in [5.74, 6) is 0.118. The van der Waals surface area contributed by atoms with E-state index in [0.717, 1.165) is 24.0 Å². The fourth-order valence-corrected chi connectivity index (χ4v) is 2.78. The lowest BCUT2D eigenvalue weighted by Gasteiger charge is -2.07. The lowest BCUT2D eigenvalue weighted by atomic mass is 10.0. The van der Waals surface area contributed by atoms with Crippen LogP contribution in [-0.2, 0) is 9.47 Å². The molecule has 0 amide bonds. The number of ether oxygens (including phenoxy) is 3. The minimum atomic E-state index is -0.753. The monoisotopic (exact) mass is 384 g/mol. The highest BCUT2D eigenvalue weighted by Gasteiger charge is 2.08. The lowest BCUT2D eigenvalue weighted by Crippen LogP contribution is -2.07. The van der Waals surface area contributed by atoms with Crippen LogP contribution < -0.4 is 4.74 Å². The molecule has 0 atom stereocenters. The topological polar surface area (TPSA) is 61.8 Å². The molecule has 0 aliphatic carbocycles. The van der Waals surface area contributed by atoms with E-state index in [2.05, 4.69) is 11.7 Å². The molecule has 2 aromatic rings. The van der Waals surface area contributed by atoms with Crippen molar-refractivity contribution in [1.82, 2.24) is 0 Å². The Morgan fingerprint density at radius 1 is 0.786 bits per heavy atom. The van der Waals surface area contributed by atoms with E-state index in [1.54, 1.807) is 24.3 Å². The fourth-order valence-electron chi connectivity index (χ4n) is 2.78. The van der Waals surface area contributed by atoms with Gasteiger partial charge in [0.05, 0.1) is 19.3 Å². The number of hydrogen-bond donors (Lipinski definition) is 0. The number of carbonyl (C=O) groups excluding carboxylic acids is 2. The van der Waals surface area contributed by atoms with Gasteiger partial charge in [-0.1, -0.05) is 63.3 Å². The van der Waals surface area contributed by atoms with Crippen LogP contribution in [0.25, 0.3) is 11.1 Å². The van der Waals surface area contributed by atoms with E-state index in [9.17, 15) is 9.59 Å². The Bertz CT molecular complexity index is 735. The van der Waals surface area contributed by atoms with Crippen LogP contribution in [0.2, 0.25) is 0 Å². The summed E-state index contributed by atoms with van der Waals surface area (Å²) in [6, 6.07) is 14.3. The van der Waals surface area contributed by atoms with Crippen molar-refractivity contribution in [2.24, 2.45) is 0 Å². The molecule has 0 radical (unpaired) electrons. The highest BCUT2D eigenvalue weighted by atomic mass is 16.7. The maximum absolute atomic E-state index is 12.1. The molecular formula is C23H28O5. The summed E-state index contributed by atoms with van der Waals surface area (Å²) in [6.07, 6.45) is 6.21. The van der Waals surface area contributed by atoms with Crippen molar-refractivity contribution in [3.63, 3.8) is 0 Å². The van der Waals surface area contributed by atoms with Gasteiger partial charge < -0.3 is 14.2 Å². The largest absolute Gasteiger partial charge is 0.513 e. The summed E-state index contributed by atoms with van der Waals surface area (Å²) in [4.78, 5) is 23.2. The van der Waals surface area contributed by atoms with E-state index in [-0.39, 0.29) is 5.97 Å². The third-order valence-electron chi connectivity index (χ3n) is 4.41. The molecule has 0 N–H and O–H groups in total. The molecule has 0 fully saturated rings. The number of benzene rings is 2. The molecule has 0 saturated heterocycles. The van der Waals surface area contributed by atoms with E-state index in [0.29, 0.717) is 17.9 Å². The molecule has 0 bridgehead atoms. The Morgan fingerprint density at radius 3 is 1.96 bits per heavy atom. The van der Waals surface area contributed by atoms with Gasteiger partial charge in [-0.15, -0.1) is 0 Å². The van der Waals surface area contributed by atoms with Gasteiger partial charge in [0.25, 0.3) is 0 Å². The summed E-state index contributed by atoms with van der Waals surface area (Å²) >= 11 is 0. The van der Waals surface area contributed by atoms with Crippen LogP contribution in [0.3, 0.4) is 0 Å². The molecule has 0 spiro atoms. The van der Waals surface area contributed by atoms with Crippen molar-refractivity contribution in [2.75, 3.05) is 13.7 Å². The Balaban J connectivity index is 1.82. The van der Waals surface area contributed by atoms with E-state index in [4.69, 9.17) is 9.47 Å². The molecule has 2 rings (SSSR count). The lowest BCUT2D eigenvalue weighted by molar-refractivity contribution is 0.0497. The molecule has 0 aromatic heterocycles. The van der Waals surface area contributed by atoms with Crippen LogP contribution >= 0.6 is 0 Å². The van der Waals surface area contributed by atoms with Gasteiger partial charge >= 0.3 is 12.1 Å². The highest BCUT2D eigenvalue weighted by molar-refractivity contribution is 5.90. The van der Waals surface area contributed by atoms with Crippen LogP contribution in [0.15, 0.2) is 48.5 Å². The standard InChI is InChI=1S/C23H28O5/c1-3-4-5-6-7-8-17-27-22(24)20-11-9-18(10-12-20)19-13-15-21(16-14-19)28-23(25)26-2/h9-16H,3-8,17H2,1-2H3. The molecule has 5 heteroatoms. The number of esters is 1. The first kappa shape index (κ1) is 21.5. The van der Waals surface area contributed by atoms with Crippen LogP contribution in [0.4, 0.5) is 4.79 Å². The Kier molecular flexibility index (Phi) is 9.05. The van der Waals surface area contributed by atoms with Gasteiger partial charge in [0.15, 0.2) is 0 Å². The average Bonchev–Trinajstić information content (AvgIpc) is 2.73. The van der Waals surface area contributed by atoms with Gasteiger partial charge in [-0.25, -0.2) is 9.59 Å². The molecule has 2 aromatic carbocycles. The van der Waals surface area contributed by atoms with Crippen LogP contribution in [0.1, 0.15) is 55.8 Å². The average molecular weight is 384 g/mol. The normalized spacial score (nSPS) is 10.4. The van der Waals surface area contributed by atoms with Gasteiger partial charge in [-0.05, 0) is 41.8 Å². The van der Waals surface area contributed by atoms with Gasteiger partial charge in [0, 0.05) is 0 Å². The molecule has 0 saturated carbocycles. The fraction of sp³-hybridized carbons (Fsp3) is 0.391. The number of rotatable bonds is 10. The second-order valence-corrected chi connectivity index (χ2v) is 6.56. The summed E-state index contributed by atoms with van der Waals surface area (Å²) in [6.45, 7) is 2.66. The SMILES string of the molecule is CCCCCCCCOC(=O)c1ccc(-c2ccc(OC(=O)OC)cc2)cc1.